The number of nitrogens with one attached hydrogen (secondary N) is 1. The van der Waals surface area contributed by atoms with Gasteiger partial charge in [0.05, 0.1) is 0 Å². The van der Waals surface area contributed by atoms with Crippen LogP contribution in [-0.4, -0.2) is 27.1 Å². The van der Waals surface area contributed by atoms with Crippen molar-refractivity contribution in [3.8, 4) is 0 Å². The van der Waals surface area contributed by atoms with Gasteiger partial charge < -0.3 is 9.87 Å². The Kier molecular flexibility index (Phi) is 6.55. The Labute approximate surface area is 83.6 Å². The van der Waals surface area contributed by atoms with Crippen molar-refractivity contribution < 1.29 is 8.76 Å². The van der Waals surface area contributed by atoms with Crippen molar-refractivity contribution in [3.05, 3.63) is 0 Å². The average molecular weight is 206 g/mol. The highest BCUT2D eigenvalue weighted by molar-refractivity contribution is 7.79. The molecule has 1 aliphatic rings. The highest BCUT2D eigenvalue weighted by Crippen LogP contribution is 2.15. The third-order valence-corrected chi connectivity index (χ3v) is 3.11. The summed E-state index contributed by atoms with van der Waals surface area (Å²) in [5, 5.41) is 2.88. The van der Waals surface area contributed by atoms with E-state index in [4.69, 9.17) is 0 Å². The van der Waals surface area contributed by atoms with E-state index in [1.165, 1.54) is 25.7 Å². The fraction of sp³-hybridized carbons (Fsp3) is 1.00. The molecule has 1 unspecified atom stereocenters. The summed E-state index contributed by atoms with van der Waals surface area (Å²) >= 11 is -1.95. The van der Waals surface area contributed by atoms with Gasteiger partial charge in [0.1, 0.15) is 0 Å². The monoisotopic (exact) mass is 206 g/mol. The molecule has 0 amide bonds. The van der Waals surface area contributed by atoms with Gasteiger partial charge in [-0.1, -0.05) is 36.8 Å². The molecule has 4 heteroatoms. The van der Waals surface area contributed by atoms with Gasteiger partial charge in [-0.15, -0.1) is 0 Å². The van der Waals surface area contributed by atoms with Crippen LogP contribution in [0.3, 0.4) is 0 Å². The van der Waals surface area contributed by atoms with E-state index >= 15 is 0 Å². The Hall–Kier alpha value is 0.0700. The molecular formula is C9H20NO2S-. The molecule has 0 radical (unpaired) electrons. The molecular weight excluding hydrogens is 186 g/mol. The lowest BCUT2D eigenvalue weighted by Gasteiger charge is -2.24. The largest absolute Gasteiger partial charge is 0.772 e. The van der Waals surface area contributed by atoms with Crippen LogP contribution in [0, 0.1) is 0 Å². The molecule has 0 heterocycles. The first-order valence-electron chi connectivity index (χ1n) is 4.73. The molecule has 80 valence electrons. The topological polar surface area (TPSA) is 52.2 Å². The summed E-state index contributed by atoms with van der Waals surface area (Å²) in [7, 11) is 1.74. The second kappa shape index (κ2) is 6.51. The van der Waals surface area contributed by atoms with Crippen molar-refractivity contribution in [2.75, 3.05) is 12.8 Å². The molecule has 0 aromatic rings. The SMILES string of the molecule is C1CCC1.CNC(C)(C)CS(=O)[O-]. The number of rotatable bonds is 3. The van der Waals surface area contributed by atoms with Gasteiger partial charge in [-0.25, -0.2) is 0 Å². The van der Waals surface area contributed by atoms with Crippen molar-refractivity contribution in [2.45, 2.75) is 45.1 Å². The molecule has 0 aliphatic heterocycles. The zero-order valence-electron chi connectivity index (χ0n) is 8.76. The van der Waals surface area contributed by atoms with E-state index in [0.717, 1.165) is 0 Å². The first-order valence-corrected chi connectivity index (χ1v) is 5.97. The molecule has 1 rings (SSSR count). The minimum absolute atomic E-state index is 0.156. The van der Waals surface area contributed by atoms with Gasteiger partial charge in [0, 0.05) is 11.3 Å². The summed E-state index contributed by atoms with van der Waals surface area (Å²) in [6.45, 7) is 3.67. The van der Waals surface area contributed by atoms with Crippen molar-refractivity contribution in [2.24, 2.45) is 0 Å². The Morgan fingerprint density at radius 3 is 1.77 bits per heavy atom. The van der Waals surface area contributed by atoms with Gasteiger partial charge >= 0.3 is 0 Å². The smallest absolute Gasteiger partial charge is 0.0279 e. The third kappa shape index (κ3) is 8.40. The molecule has 0 aromatic heterocycles. The summed E-state index contributed by atoms with van der Waals surface area (Å²) < 4.78 is 20.3. The lowest BCUT2D eigenvalue weighted by molar-refractivity contribution is 0.451. The molecule has 0 saturated heterocycles. The number of hydrogen-bond donors (Lipinski definition) is 1. The van der Waals surface area contributed by atoms with E-state index in [1.54, 1.807) is 7.05 Å². The lowest BCUT2D eigenvalue weighted by atomic mass is 10.0. The Balaban J connectivity index is 0.000000293. The zero-order valence-corrected chi connectivity index (χ0v) is 9.58. The Morgan fingerprint density at radius 1 is 1.31 bits per heavy atom. The van der Waals surface area contributed by atoms with Crippen LogP contribution in [0.4, 0.5) is 0 Å². The average Bonchev–Trinajstić information content (AvgIpc) is 1.80. The normalized spacial score (nSPS) is 18.2. The Morgan fingerprint density at radius 2 is 1.69 bits per heavy atom. The summed E-state index contributed by atoms with van der Waals surface area (Å²) in [5.41, 5.74) is -0.299. The predicted molar refractivity (Wildman–Crippen MR) is 55.4 cm³/mol. The van der Waals surface area contributed by atoms with E-state index in [0.29, 0.717) is 0 Å². The summed E-state index contributed by atoms with van der Waals surface area (Å²) in [6.07, 6.45) is 6.00. The van der Waals surface area contributed by atoms with Gasteiger partial charge in [-0.05, 0) is 20.9 Å². The lowest BCUT2D eigenvalue weighted by Crippen LogP contribution is -2.41. The highest BCUT2D eigenvalue weighted by Gasteiger charge is 2.13. The van der Waals surface area contributed by atoms with E-state index in [2.05, 4.69) is 5.32 Å². The minimum atomic E-state index is -1.95. The maximum absolute atomic E-state index is 10.1. The van der Waals surface area contributed by atoms with Crippen molar-refractivity contribution >= 4 is 11.1 Å². The minimum Gasteiger partial charge on any atom is -0.772 e. The second-order valence-electron chi connectivity index (χ2n) is 4.00. The summed E-state index contributed by atoms with van der Waals surface area (Å²) in [6, 6.07) is 0. The molecule has 0 aromatic carbocycles. The Bertz CT molecular complexity index is 152. The van der Waals surface area contributed by atoms with Crippen LogP contribution in [0.1, 0.15) is 39.5 Å². The van der Waals surface area contributed by atoms with Crippen LogP contribution < -0.4 is 5.32 Å². The van der Waals surface area contributed by atoms with E-state index in [9.17, 15) is 8.76 Å². The van der Waals surface area contributed by atoms with Gasteiger partial charge in [0.15, 0.2) is 0 Å². The standard InChI is InChI=1S/C5H13NO2S.C4H8/c1-5(2,6-3)4-9(7)8;1-2-4-3-1/h6H,4H2,1-3H3,(H,7,8);1-4H2/p-1. The molecule has 1 aliphatic carbocycles. The summed E-state index contributed by atoms with van der Waals surface area (Å²) in [5.74, 6) is 0.156. The molecule has 1 fully saturated rings. The molecule has 1 saturated carbocycles. The first-order chi connectivity index (χ1) is 5.98. The molecule has 3 nitrogen and oxygen atoms in total. The van der Waals surface area contributed by atoms with Crippen LogP contribution in [-0.2, 0) is 11.1 Å². The summed E-state index contributed by atoms with van der Waals surface area (Å²) in [4.78, 5) is 0. The molecule has 0 spiro atoms. The van der Waals surface area contributed by atoms with Gasteiger partial charge in [-0.2, -0.15) is 0 Å². The van der Waals surface area contributed by atoms with Gasteiger partial charge in [0.25, 0.3) is 0 Å². The van der Waals surface area contributed by atoms with Gasteiger partial charge in [-0.3, -0.25) is 4.21 Å². The van der Waals surface area contributed by atoms with Crippen LogP contribution in [0.5, 0.6) is 0 Å². The van der Waals surface area contributed by atoms with Crippen LogP contribution in [0.2, 0.25) is 0 Å². The van der Waals surface area contributed by atoms with Crippen molar-refractivity contribution in [1.29, 1.82) is 0 Å². The van der Waals surface area contributed by atoms with E-state index in [1.807, 2.05) is 13.8 Å². The molecule has 1 N–H and O–H groups in total. The van der Waals surface area contributed by atoms with Gasteiger partial charge in [0.2, 0.25) is 0 Å². The molecule has 1 atom stereocenters. The predicted octanol–water partition coefficient (Wildman–Crippen LogP) is 1.42. The highest BCUT2D eigenvalue weighted by atomic mass is 32.2. The first kappa shape index (κ1) is 13.1. The van der Waals surface area contributed by atoms with Crippen LogP contribution >= 0.6 is 0 Å². The molecule has 13 heavy (non-hydrogen) atoms. The van der Waals surface area contributed by atoms with E-state index in [-0.39, 0.29) is 11.3 Å². The second-order valence-corrected chi connectivity index (χ2v) is 4.89. The van der Waals surface area contributed by atoms with Crippen molar-refractivity contribution in [3.63, 3.8) is 0 Å². The third-order valence-electron chi connectivity index (χ3n) is 2.16. The maximum Gasteiger partial charge on any atom is 0.0279 e. The molecule has 0 bridgehead atoms. The fourth-order valence-corrected chi connectivity index (χ4v) is 1.35. The fourth-order valence-electron chi connectivity index (χ4n) is 0.617. The quantitative estimate of drug-likeness (QED) is 0.711. The van der Waals surface area contributed by atoms with Crippen LogP contribution in [0.15, 0.2) is 0 Å². The number of hydrogen-bond acceptors (Lipinski definition) is 3. The maximum atomic E-state index is 10.1. The van der Waals surface area contributed by atoms with Crippen molar-refractivity contribution in [1.82, 2.24) is 5.32 Å². The van der Waals surface area contributed by atoms with Crippen LogP contribution in [0.25, 0.3) is 0 Å². The van der Waals surface area contributed by atoms with E-state index < -0.39 is 11.1 Å². The zero-order chi connectivity index (χ0) is 10.3.